The normalized spacial score (nSPS) is 15.0. The Hall–Kier alpha value is -2.82. The zero-order valence-corrected chi connectivity index (χ0v) is 15.3. The van der Waals surface area contributed by atoms with Crippen molar-refractivity contribution >= 4 is 17.5 Å². The first-order chi connectivity index (χ1) is 12.5. The van der Waals surface area contributed by atoms with E-state index in [2.05, 4.69) is 29.4 Å². The highest BCUT2D eigenvalue weighted by atomic mass is 16.2. The van der Waals surface area contributed by atoms with Crippen LogP contribution in [0.25, 0.3) is 0 Å². The molecule has 1 aliphatic rings. The predicted octanol–water partition coefficient (Wildman–Crippen LogP) is 2.73. The van der Waals surface area contributed by atoms with E-state index < -0.39 is 0 Å². The summed E-state index contributed by atoms with van der Waals surface area (Å²) in [5.74, 6) is -0.0784. The van der Waals surface area contributed by atoms with Crippen LogP contribution in [0.4, 0.5) is 5.69 Å². The van der Waals surface area contributed by atoms with E-state index in [-0.39, 0.29) is 24.3 Å². The fraction of sp³-hybridized carbons (Fsp3) is 0.333. The van der Waals surface area contributed by atoms with Gasteiger partial charge in [0.1, 0.15) is 0 Å². The van der Waals surface area contributed by atoms with Crippen LogP contribution in [-0.2, 0) is 16.1 Å². The second-order valence-corrected chi connectivity index (χ2v) is 6.73. The molecule has 1 aliphatic heterocycles. The van der Waals surface area contributed by atoms with Gasteiger partial charge in [-0.15, -0.1) is 0 Å². The largest absolute Gasteiger partial charge is 0.373 e. The Labute approximate surface area is 154 Å². The van der Waals surface area contributed by atoms with Gasteiger partial charge in [-0.1, -0.05) is 48.5 Å². The fourth-order valence-corrected chi connectivity index (χ4v) is 3.39. The average molecular weight is 351 g/mol. The molecule has 2 aromatic rings. The molecule has 0 bridgehead atoms. The molecule has 1 N–H and O–H groups in total. The molecule has 3 rings (SSSR count). The Balaban J connectivity index is 1.76. The maximum Gasteiger partial charge on any atom is 0.225 e. The van der Waals surface area contributed by atoms with Crippen LogP contribution in [0.2, 0.25) is 0 Å². The third-order valence-corrected chi connectivity index (χ3v) is 4.78. The number of hydrogen-bond donors (Lipinski definition) is 1. The van der Waals surface area contributed by atoms with Crippen molar-refractivity contribution in [3.63, 3.8) is 0 Å². The van der Waals surface area contributed by atoms with Crippen LogP contribution in [0.1, 0.15) is 30.5 Å². The number of nitrogens with one attached hydrogen (secondary N) is 1. The lowest BCUT2D eigenvalue weighted by molar-refractivity contribution is -0.132. The highest BCUT2D eigenvalue weighted by molar-refractivity contribution is 5.79. The van der Waals surface area contributed by atoms with E-state index in [0.29, 0.717) is 13.1 Å². The number of amides is 2. The van der Waals surface area contributed by atoms with Gasteiger partial charge < -0.3 is 15.1 Å². The van der Waals surface area contributed by atoms with E-state index in [9.17, 15) is 9.59 Å². The molecule has 2 aromatic carbocycles. The lowest BCUT2D eigenvalue weighted by atomic mass is 10.0. The highest BCUT2D eigenvalue weighted by Crippen LogP contribution is 2.25. The van der Waals surface area contributed by atoms with Crippen LogP contribution in [0.3, 0.4) is 0 Å². The Morgan fingerprint density at radius 1 is 1.04 bits per heavy atom. The van der Waals surface area contributed by atoms with Crippen molar-refractivity contribution in [2.24, 2.45) is 0 Å². The number of nitrogens with zero attached hydrogens (tertiary/aromatic N) is 2. The van der Waals surface area contributed by atoms with Crippen molar-refractivity contribution < 1.29 is 9.59 Å². The topological polar surface area (TPSA) is 52.7 Å². The molecule has 1 atom stereocenters. The Kier molecular flexibility index (Phi) is 5.56. The van der Waals surface area contributed by atoms with E-state index in [0.717, 1.165) is 17.7 Å². The van der Waals surface area contributed by atoms with Crippen molar-refractivity contribution in [1.82, 2.24) is 10.2 Å². The van der Waals surface area contributed by atoms with Crippen molar-refractivity contribution in [2.45, 2.75) is 25.9 Å². The van der Waals surface area contributed by atoms with Gasteiger partial charge >= 0.3 is 0 Å². The Morgan fingerprint density at radius 2 is 1.73 bits per heavy atom. The van der Waals surface area contributed by atoms with E-state index in [1.807, 2.05) is 47.4 Å². The van der Waals surface area contributed by atoms with E-state index in [1.165, 1.54) is 12.6 Å². The van der Waals surface area contributed by atoms with Gasteiger partial charge in [0, 0.05) is 39.3 Å². The molecule has 0 spiro atoms. The summed E-state index contributed by atoms with van der Waals surface area (Å²) < 4.78 is 0. The monoisotopic (exact) mass is 351 g/mol. The minimum Gasteiger partial charge on any atom is -0.373 e. The number of carbonyl (C=O) groups excluding carboxylic acids is 2. The van der Waals surface area contributed by atoms with E-state index >= 15 is 0 Å². The summed E-state index contributed by atoms with van der Waals surface area (Å²) >= 11 is 0. The first kappa shape index (κ1) is 18.0. The molecular formula is C21H25N3O2. The predicted molar refractivity (Wildman–Crippen MR) is 103 cm³/mol. The van der Waals surface area contributed by atoms with E-state index in [1.54, 1.807) is 0 Å². The first-order valence-corrected chi connectivity index (χ1v) is 8.93. The second kappa shape index (κ2) is 8.04. The number of hydrogen-bond acceptors (Lipinski definition) is 3. The van der Waals surface area contributed by atoms with Crippen LogP contribution < -0.4 is 10.2 Å². The molecule has 2 amide bonds. The number of rotatable bonds is 4. The second-order valence-electron chi connectivity index (χ2n) is 6.73. The molecule has 0 fully saturated rings. The fourth-order valence-electron chi connectivity index (χ4n) is 3.39. The lowest BCUT2D eigenvalue weighted by Crippen LogP contribution is -2.37. The Bertz CT molecular complexity index is 776. The maximum atomic E-state index is 13.0. The van der Waals surface area contributed by atoms with Gasteiger partial charge in [-0.25, -0.2) is 0 Å². The van der Waals surface area contributed by atoms with Crippen LogP contribution in [0, 0.1) is 0 Å². The lowest BCUT2D eigenvalue weighted by Gasteiger charge is -2.25. The molecule has 0 aromatic heterocycles. The molecule has 136 valence electrons. The smallest absolute Gasteiger partial charge is 0.225 e. The SMILES string of the molecule is CC(=O)N[C@@H](CC(=O)N1CCN(C)c2ccccc2C1)c1ccccc1. The van der Waals surface area contributed by atoms with Crippen LogP contribution in [-0.4, -0.2) is 36.9 Å². The van der Waals surface area contributed by atoms with Crippen molar-refractivity contribution in [3.8, 4) is 0 Å². The molecule has 26 heavy (non-hydrogen) atoms. The van der Waals surface area contributed by atoms with Crippen LogP contribution in [0.5, 0.6) is 0 Å². The minimum atomic E-state index is -0.308. The summed E-state index contributed by atoms with van der Waals surface area (Å²) in [5, 5.41) is 2.91. The molecule has 0 radical (unpaired) electrons. The van der Waals surface area contributed by atoms with Crippen molar-refractivity contribution in [1.29, 1.82) is 0 Å². The highest BCUT2D eigenvalue weighted by Gasteiger charge is 2.24. The number of para-hydroxylation sites is 1. The zero-order valence-electron chi connectivity index (χ0n) is 15.3. The van der Waals surface area contributed by atoms with Crippen LogP contribution in [0.15, 0.2) is 54.6 Å². The Morgan fingerprint density at radius 3 is 2.46 bits per heavy atom. The third kappa shape index (κ3) is 4.23. The number of carbonyl (C=O) groups is 2. The van der Waals surface area contributed by atoms with Gasteiger partial charge in [-0.3, -0.25) is 9.59 Å². The average Bonchev–Trinajstić information content (AvgIpc) is 2.81. The molecule has 0 aliphatic carbocycles. The van der Waals surface area contributed by atoms with Gasteiger partial charge in [-0.05, 0) is 17.2 Å². The molecule has 5 nitrogen and oxygen atoms in total. The number of fused-ring (bicyclic) bond motifs is 1. The standard InChI is InChI=1S/C21H25N3O2/c1-16(25)22-19(17-8-4-3-5-9-17)14-21(26)24-13-12-23(2)20-11-7-6-10-18(20)15-24/h3-11,19H,12-15H2,1-2H3,(H,22,25)/t19-/m0/s1. The summed E-state index contributed by atoms with van der Waals surface area (Å²) in [6.45, 7) is 3.54. The number of anilines is 1. The van der Waals surface area contributed by atoms with Crippen LogP contribution >= 0.6 is 0 Å². The van der Waals surface area contributed by atoms with E-state index in [4.69, 9.17) is 0 Å². The summed E-state index contributed by atoms with van der Waals surface area (Å²) in [4.78, 5) is 28.7. The zero-order chi connectivity index (χ0) is 18.5. The summed E-state index contributed by atoms with van der Waals surface area (Å²) in [5.41, 5.74) is 3.27. The van der Waals surface area contributed by atoms with Gasteiger partial charge in [0.25, 0.3) is 0 Å². The first-order valence-electron chi connectivity index (χ1n) is 8.93. The summed E-state index contributed by atoms with van der Waals surface area (Å²) in [6.07, 6.45) is 0.259. The molecule has 0 saturated heterocycles. The number of benzene rings is 2. The summed E-state index contributed by atoms with van der Waals surface area (Å²) in [7, 11) is 2.05. The maximum absolute atomic E-state index is 13.0. The third-order valence-electron chi connectivity index (χ3n) is 4.78. The van der Waals surface area contributed by atoms with Gasteiger partial charge in [-0.2, -0.15) is 0 Å². The minimum absolute atomic E-state index is 0.0534. The van der Waals surface area contributed by atoms with Gasteiger partial charge in [0.05, 0.1) is 12.5 Å². The quantitative estimate of drug-likeness (QED) is 0.921. The molecule has 0 unspecified atom stereocenters. The molecular weight excluding hydrogens is 326 g/mol. The molecule has 1 heterocycles. The number of likely N-dealkylation sites (N-methyl/N-ethyl adjacent to an activating group) is 1. The molecule has 0 saturated carbocycles. The summed E-state index contributed by atoms with van der Waals surface area (Å²) in [6, 6.07) is 17.5. The van der Waals surface area contributed by atoms with Gasteiger partial charge in [0.2, 0.25) is 11.8 Å². The van der Waals surface area contributed by atoms with Crippen molar-refractivity contribution in [2.75, 3.05) is 25.0 Å². The molecule has 5 heteroatoms. The van der Waals surface area contributed by atoms with Crippen molar-refractivity contribution in [3.05, 3.63) is 65.7 Å². The van der Waals surface area contributed by atoms with Gasteiger partial charge in [0.15, 0.2) is 0 Å².